The summed E-state index contributed by atoms with van der Waals surface area (Å²) in [5.41, 5.74) is 7.62. The van der Waals surface area contributed by atoms with Gasteiger partial charge < -0.3 is 10.5 Å². The molecule has 98 valence electrons. The van der Waals surface area contributed by atoms with Gasteiger partial charge in [-0.1, -0.05) is 12.1 Å². The van der Waals surface area contributed by atoms with Crippen molar-refractivity contribution >= 4 is 11.6 Å². The molecule has 0 bridgehead atoms. The number of hydrogen-bond donors (Lipinski definition) is 1. The number of aryl methyl sites for hydroxylation is 1. The van der Waals surface area contributed by atoms with E-state index in [0.717, 1.165) is 5.56 Å². The lowest BCUT2D eigenvalue weighted by Gasteiger charge is -2.09. The molecular weight excluding hydrogens is 240 g/mol. The average molecular weight is 256 g/mol. The second kappa shape index (κ2) is 5.52. The fourth-order valence-corrected chi connectivity index (χ4v) is 1.91. The summed E-state index contributed by atoms with van der Waals surface area (Å²) in [7, 11) is 0. The summed E-state index contributed by atoms with van der Waals surface area (Å²) in [5.74, 6) is 0.796. The molecule has 4 heteroatoms. The molecule has 0 radical (unpaired) electrons. The minimum atomic E-state index is -0.135. The smallest absolute Gasteiger partial charge is 0.197 e. The summed E-state index contributed by atoms with van der Waals surface area (Å²) in [5, 5.41) is 0. The zero-order valence-corrected chi connectivity index (χ0v) is 11.0. The Labute approximate surface area is 112 Å². The van der Waals surface area contributed by atoms with Crippen LogP contribution in [0.25, 0.3) is 0 Å². The van der Waals surface area contributed by atoms with E-state index < -0.39 is 0 Å². The van der Waals surface area contributed by atoms with Gasteiger partial charge in [-0.25, -0.2) is 4.98 Å². The first-order valence-electron chi connectivity index (χ1n) is 6.12. The second-order valence-corrected chi connectivity index (χ2v) is 4.18. The number of benzene rings is 1. The summed E-state index contributed by atoms with van der Waals surface area (Å²) < 4.78 is 5.39. The molecule has 19 heavy (non-hydrogen) atoms. The van der Waals surface area contributed by atoms with Gasteiger partial charge in [0.15, 0.2) is 5.78 Å². The van der Waals surface area contributed by atoms with Crippen molar-refractivity contribution in [1.29, 1.82) is 0 Å². The summed E-state index contributed by atoms with van der Waals surface area (Å²) in [6.45, 7) is 4.31. The van der Waals surface area contributed by atoms with Gasteiger partial charge >= 0.3 is 0 Å². The van der Waals surface area contributed by atoms with Gasteiger partial charge in [0, 0.05) is 11.8 Å². The van der Waals surface area contributed by atoms with E-state index in [1.54, 1.807) is 30.5 Å². The number of rotatable bonds is 4. The molecule has 4 nitrogen and oxygen atoms in total. The molecule has 0 atom stereocenters. The summed E-state index contributed by atoms with van der Waals surface area (Å²) in [6.07, 6.45) is 1.60. The van der Waals surface area contributed by atoms with Crippen molar-refractivity contribution in [2.75, 3.05) is 12.3 Å². The van der Waals surface area contributed by atoms with E-state index in [1.807, 2.05) is 19.9 Å². The number of nitrogens with two attached hydrogens (primary N) is 1. The van der Waals surface area contributed by atoms with Crippen LogP contribution in [0.3, 0.4) is 0 Å². The molecule has 0 unspecified atom stereocenters. The maximum atomic E-state index is 12.5. The number of ketones is 1. The zero-order valence-electron chi connectivity index (χ0n) is 11.0. The van der Waals surface area contributed by atoms with Crippen molar-refractivity contribution in [2.24, 2.45) is 0 Å². The molecular formula is C15H16N2O2. The minimum Gasteiger partial charge on any atom is -0.494 e. The normalized spacial score (nSPS) is 10.2. The molecule has 2 aromatic rings. The predicted octanol–water partition coefficient (Wildman–Crippen LogP) is 2.60. The SMILES string of the molecule is CCOc1cccc(C(=O)c2c(C)ccnc2N)c1. The molecule has 0 aliphatic heterocycles. The molecule has 1 heterocycles. The third-order valence-electron chi connectivity index (χ3n) is 2.82. The van der Waals surface area contributed by atoms with Gasteiger partial charge in [-0.15, -0.1) is 0 Å². The molecule has 2 rings (SSSR count). The number of pyridine rings is 1. The number of hydrogen-bond acceptors (Lipinski definition) is 4. The first-order valence-corrected chi connectivity index (χ1v) is 6.12. The van der Waals surface area contributed by atoms with Crippen LogP contribution in [0, 0.1) is 6.92 Å². The molecule has 0 aliphatic rings. The van der Waals surface area contributed by atoms with Gasteiger partial charge in [-0.3, -0.25) is 4.79 Å². The second-order valence-electron chi connectivity index (χ2n) is 4.18. The molecule has 2 N–H and O–H groups in total. The Balaban J connectivity index is 2.41. The molecule has 0 saturated heterocycles. The highest BCUT2D eigenvalue weighted by atomic mass is 16.5. The average Bonchev–Trinajstić information content (AvgIpc) is 2.39. The summed E-state index contributed by atoms with van der Waals surface area (Å²) in [6, 6.07) is 8.85. The fourth-order valence-electron chi connectivity index (χ4n) is 1.91. The molecule has 1 aromatic heterocycles. The van der Waals surface area contributed by atoms with E-state index in [4.69, 9.17) is 10.5 Å². The number of anilines is 1. The monoisotopic (exact) mass is 256 g/mol. The number of carbonyl (C=O) groups is 1. The van der Waals surface area contributed by atoms with Crippen molar-refractivity contribution in [3.05, 3.63) is 53.2 Å². The quantitative estimate of drug-likeness (QED) is 0.854. The van der Waals surface area contributed by atoms with Crippen molar-refractivity contribution in [3.63, 3.8) is 0 Å². The Morgan fingerprint density at radius 1 is 1.37 bits per heavy atom. The van der Waals surface area contributed by atoms with Gasteiger partial charge in [0.1, 0.15) is 11.6 Å². The van der Waals surface area contributed by atoms with Crippen molar-refractivity contribution in [3.8, 4) is 5.75 Å². The van der Waals surface area contributed by atoms with E-state index in [0.29, 0.717) is 23.5 Å². The third kappa shape index (κ3) is 2.73. The van der Waals surface area contributed by atoms with E-state index in [9.17, 15) is 4.79 Å². The Kier molecular flexibility index (Phi) is 3.80. The third-order valence-corrected chi connectivity index (χ3v) is 2.82. The first kappa shape index (κ1) is 13.1. The zero-order chi connectivity index (χ0) is 13.8. The van der Waals surface area contributed by atoms with Crippen molar-refractivity contribution in [1.82, 2.24) is 4.98 Å². The fraction of sp³-hybridized carbons (Fsp3) is 0.200. The van der Waals surface area contributed by atoms with Gasteiger partial charge in [0.2, 0.25) is 0 Å². The molecule has 1 aromatic carbocycles. The Morgan fingerprint density at radius 3 is 2.84 bits per heavy atom. The van der Waals surface area contributed by atoms with Crippen LogP contribution in [0.2, 0.25) is 0 Å². The number of nitrogen functional groups attached to an aromatic ring is 1. The van der Waals surface area contributed by atoms with E-state index >= 15 is 0 Å². The minimum absolute atomic E-state index is 0.135. The van der Waals surface area contributed by atoms with E-state index in [1.165, 1.54) is 0 Å². The lowest BCUT2D eigenvalue weighted by Crippen LogP contribution is -2.09. The number of aromatic nitrogens is 1. The van der Waals surface area contributed by atoms with Crippen molar-refractivity contribution < 1.29 is 9.53 Å². The van der Waals surface area contributed by atoms with Crippen LogP contribution in [-0.4, -0.2) is 17.4 Å². The topological polar surface area (TPSA) is 65.2 Å². The van der Waals surface area contributed by atoms with Crippen LogP contribution < -0.4 is 10.5 Å². The first-order chi connectivity index (χ1) is 9.13. The largest absolute Gasteiger partial charge is 0.494 e. The van der Waals surface area contributed by atoms with Crippen LogP contribution >= 0.6 is 0 Å². The standard InChI is InChI=1S/C15H16N2O2/c1-3-19-12-6-4-5-11(9-12)14(18)13-10(2)7-8-17-15(13)16/h4-9H,3H2,1-2H3,(H2,16,17). The van der Waals surface area contributed by atoms with Crippen LogP contribution in [0.1, 0.15) is 28.4 Å². The Hall–Kier alpha value is -2.36. The van der Waals surface area contributed by atoms with E-state index in [-0.39, 0.29) is 11.6 Å². The van der Waals surface area contributed by atoms with Crippen LogP contribution in [0.5, 0.6) is 5.75 Å². The van der Waals surface area contributed by atoms with Gasteiger partial charge in [0.25, 0.3) is 0 Å². The van der Waals surface area contributed by atoms with Crippen molar-refractivity contribution in [2.45, 2.75) is 13.8 Å². The number of carbonyl (C=O) groups excluding carboxylic acids is 1. The Morgan fingerprint density at radius 2 is 2.16 bits per heavy atom. The summed E-state index contributed by atoms with van der Waals surface area (Å²) in [4.78, 5) is 16.4. The maximum Gasteiger partial charge on any atom is 0.197 e. The highest BCUT2D eigenvalue weighted by molar-refractivity contribution is 6.12. The maximum absolute atomic E-state index is 12.5. The number of ether oxygens (including phenoxy) is 1. The lowest BCUT2D eigenvalue weighted by atomic mass is 10.00. The number of nitrogens with zero attached hydrogens (tertiary/aromatic N) is 1. The molecule has 0 saturated carbocycles. The van der Waals surface area contributed by atoms with E-state index in [2.05, 4.69) is 4.98 Å². The molecule has 0 amide bonds. The van der Waals surface area contributed by atoms with Gasteiger partial charge in [0.05, 0.1) is 12.2 Å². The molecule has 0 spiro atoms. The molecule has 0 aliphatic carbocycles. The lowest BCUT2D eigenvalue weighted by molar-refractivity contribution is 0.103. The van der Waals surface area contributed by atoms with Gasteiger partial charge in [-0.2, -0.15) is 0 Å². The van der Waals surface area contributed by atoms with Crippen LogP contribution in [0.15, 0.2) is 36.5 Å². The van der Waals surface area contributed by atoms with Crippen LogP contribution in [0.4, 0.5) is 5.82 Å². The van der Waals surface area contributed by atoms with Gasteiger partial charge in [-0.05, 0) is 37.6 Å². The predicted molar refractivity (Wildman–Crippen MR) is 74.4 cm³/mol. The highest BCUT2D eigenvalue weighted by Crippen LogP contribution is 2.21. The molecule has 0 fully saturated rings. The highest BCUT2D eigenvalue weighted by Gasteiger charge is 2.16. The Bertz CT molecular complexity index is 589. The van der Waals surface area contributed by atoms with Crippen LogP contribution in [-0.2, 0) is 0 Å². The summed E-state index contributed by atoms with van der Waals surface area (Å²) >= 11 is 0.